The van der Waals surface area contributed by atoms with Crippen molar-refractivity contribution in [3.63, 3.8) is 0 Å². The standard InChI is InChI=1S/C78H48N6O2/c79-48-52(78(85)86)15-13-14-49-28-40-74-64(44-49)65-45-55(82-68-22-7-1-16-58(68)59-17-2-8-23-69(59)82)37-41-75(65)80(74)53-33-29-50(30-34-53)51-31-35-54(36-32-51)81-76-42-38-56(83-70-24-9-3-18-60(70)61-19-4-10-25-71(61)83)46-66(76)67-47-57(39-43-77(67)81)84-72-26-11-5-20-62(72)63-21-6-12-27-73(63)84/h1-47H,(H,85,86)/b14-13+,52-15+. The van der Waals surface area contributed by atoms with E-state index in [9.17, 15) is 15.2 Å². The smallest absolute Gasteiger partial charge is 0.346 e. The van der Waals surface area contributed by atoms with Gasteiger partial charge in [0.25, 0.3) is 0 Å². The largest absolute Gasteiger partial charge is 0.477 e. The number of carboxylic acids is 1. The normalized spacial score (nSPS) is 12.3. The molecule has 0 bridgehead atoms. The van der Waals surface area contributed by atoms with Crippen molar-refractivity contribution >= 4 is 121 Å². The Morgan fingerprint density at radius 1 is 0.314 bits per heavy atom. The first kappa shape index (κ1) is 48.8. The van der Waals surface area contributed by atoms with E-state index in [4.69, 9.17) is 0 Å². The number of carboxylic acid groups (broad SMARTS) is 1. The van der Waals surface area contributed by atoms with Crippen LogP contribution in [-0.4, -0.2) is 33.9 Å². The monoisotopic (exact) mass is 1100 g/mol. The maximum Gasteiger partial charge on any atom is 0.346 e. The summed E-state index contributed by atoms with van der Waals surface area (Å²) < 4.78 is 11.9. The number of aromatic nitrogens is 5. The second-order valence-corrected chi connectivity index (χ2v) is 22.1. The number of allylic oxidation sites excluding steroid dienone is 2. The van der Waals surface area contributed by atoms with Gasteiger partial charge < -0.3 is 27.9 Å². The molecular weight excluding hydrogens is 1050 g/mol. The zero-order valence-corrected chi connectivity index (χ0v) is 46.2. The first-order valence-corrected chi connectivity index (χ1v) is 28.8. The van der Waals surface area contributed by atoms with Crippen LogP contribution in [0.25, 0.3) is 155 Å². The molecule has 1 N–H and O–H groups in total. The number of nitrogens with zero attached hydrogens (tertiary/aromatic N) is 6. The van der Waals surface area contributed by atoms with Gasteiger partial charge in [0.1, 0.15) is 11.6 Å². The van der Waals surface area contributed by atoms with E-state index in [1.54, 1.807) is 12.1 Å². The summed E-state index contributed by atoms with van der Waals surface area (Å²) in [6.07, 6.45) is 4.80. The molecule has 5 heterocycles. The summed E-state index contributed by atoms with van der Waals surface area (Å²) >= 11 is 0. The van der Waals surface area contributed by atoms with Crippen molar-refractivity contribution in [2.24, 2.45) is 0 Å². The summed E-state index contributed by atoms with van der Waals surface area (Å²) in [4.78, 5) is 11.6. The summed E-state index contributed by atoms with van der Waals surface area (Å²) in [6, 6.07) is 98.4. The molecule has 0 atom stereocenters. The minimum Gasteiger partial charge on any atom is -0.477 e. The van der Waals surface area contributed by atoms with Crippen molar-refractivity contribution in [2.75, 3.05) is 0 Å². The van der Waals surface area contributed by atoms with Gasteiger partial charge in [-0.2, -0.15) is 5.26 Å². The Bertz CT molecular complexity index is 5480. The number of fused-ring (bicyclic) bond motifs is 15. The molecule has 0 saturated carbocycles. The third-order valence-corrected chi connectivity index (χ3v) is 17.5. The van der Waals surface area contributed by atoms with Crippen molar-refractivity contribution in [2.45, 2.75) is 0 Å². The van der Waals surface area contributed by atoms with E-state index in [0.29, 0.717) is 0 Å². The van der Waals surface area contributed by atoms with Crippen LogP contribution in [0, 0.1) is 11.3 Å². The van der Waals surface area contributed by atoms with Gasteiger partial charge in [-0.05, 0) is 150 Å². The molecule has 0 spiro atoms. The van der Waals surface area contributed by atoms with E-state index in [1.807, 2.05) is 12.1 Å². The van der Waals surface area contributed by atoms with E-state index >= 15 is 0 Å². The van der Waals surface area contributed by atoms with Crippen molar-refractivity contribution in [3.8, 4) is 45.6 Å². The highest BCUT2D eigenvalue weighted by atomic mass is 16.4. The van der Waals surface area contributed by atoms with Gasteiger partial charge in [0.05, 0.1) is 55.2 Å². The van der Waals surface area contributed by atoms with Crippen LogP contribution >= 0.6 is 0 Å². The molecule has 5 aromatic heterocycles. The summed E-state index contributed by atoms with van der Waals surface area (Å²) in [5.41, 5.74) is 19.4. The molecule has 17 rings (SSSR count). The minimum absolute atomic E-state index is 0.325. The lowest BCUT2D eigenvalue weighted by Crippen LogP contribution is -1.97. The quantitative estimate of drug-likeness (QED) is 0.0888. The fourth-order valence-electron chi connectivity index (χ4n) is 13.7. The summed E-state index contributed by atoms with van der Waals surface area (Å²) in [5, 5.41) is 30.7. The second kappa shape index (κ2) is 19.1. The highest BCUT2D eigenvalue weighted by Crippen LogP contribution is 2.42. The van der Waals surface area contributed by atoms with E-state index < -0.39 is 5.97 Å². The molecule has 8 heteroatoms. The molecule has 17 aromatic rings. The second-order valence-electron chi connectivity index (χ2n) is 22.1. The number of hydrogen-bond donors (Lipinski definition) is 1. The van der Waals surface area contributed by atoms with Gasteiger partial charge in [0.2, 0.25) is 0 Å². The Hall–Kier alpha value is -11.9. The van der Waals surface area contributed by atoms with Crippen molar-refractivity contribution in [1.82, 2.24) is 22.8 Å². The van der Waals surface area contributed by atoms with Crippen LogP contribution in [0.15, 0.2) is 285 Å². The van der Waals surface area contributed by atoms with Crippen molar-refractivity contribution in [3.05, 3.63) is 290 Å². The first-order chi connectivity index (χ1) is 42.5. The number of rotatable bonds is 9. The van der Waals surface area contributed by atoms with E-state index in [0.717, 1.165) is 89.0 Å². The molecule has 0 fully saturated rings. The van der Waals surface area contributed by atoms with Crippen LogP contribution in [-0.2, 0) is 4.79 Å². The molecule has 402 valence electrons. The Labute approximate surface area is 492 Å². The lowest BCUT2D eigenvalue weighted by atomic mass is 10.0. The Morgan fingerprint density at radius 2 is 0.581 bits per heavy atom. The molecule has 0 aliphatic heterocycles. The van der Waals surface area contributed by atoms with Gasteiger partial charge >= 0.3 is 5.97 Å². The van der Waals surface area contributed by atoms with Crippen molar-refractivity contribution < 1.29 is 9.90 Å². The molecule has 0 saturated heterocycles. The molecule has 86 heavy (non-hydrogen) atoms. The van der Waals surface area contributed by atoms with Gasteiger partial charge in [0, 0.05) is 82.3 Å². The highest BCUT2D eigenvalue weighted by Gasteiger charge is 2.21. The third kappa shape index (κ3) is 7.38. The fourth-order valence-corrected chi connectivity index (χ4v) is 13.7. The molecule has 0 aliphatic carbocycles. The Morgan fingerprint density at radius 3 is 0.895 bits per heavy atom. The van der Waals surface area contributed by atoms with E-state index in [1.165, 1.54) is 71.2 Å². The van der Waals surface area contributed by atoms with Crippen LogP contribution in [0.2, 0.25) is 0 Å². The SMILES string of the molecule is N#C/C(=C\C=C\c1ccc2c(c1)c1cc(-n3c4ccccc4c4ccccc43)ccc1n2-c1ccc(-c2ccc(-n3c4ccc(-n5c6ccccc6c6ccccc65)cc4c4cc(-n5c6ccccc6c6ccccc65)ccc43)cc2)cc1)C(=O)O. The molecular formula is C78H48N6O2. The van der Waals surface area contributed by atoms with Gasteiger partial charge in [-0.15, -0.1) is 0 Å². The number of nitriles is 1. The van der Waals surface area contributed by atoms with Crippen LogP contribution < -0.4 is 0 Å². The predicted octanol–water partition coefficient (Wildman–Crippen LogP) is 19.4. The van der Waals surface area contributed by atoms with Gasteiger partial charge in [-0.25, -0.2) is 4.79 Å². The first-order valence-electron chi connectivity index (χ1n) is 28.8. The average Bonchev–Trinajstić information content (AvgIpc) is 1.77. The minimum atomic E-state index is -1.26. The number of aliphatic carboxylic acids is 1. The number of hydrogen-bond acceptors (Lipinski definition) is 2. The number of benzene rings is 12. The zero-order chi connectivity index (χ0) is 57.1. The molecule has 0 unspecified atom stereocenters. The average molecular weight is 1100 g/mol. The lowest BCUT2D eigenvalue weighted by molar-refractivity contribution is -0.132. The highest BCUT2D eigenvalue weighted by molar-refractivity contribution is 6.16. The number of para-hydroxylation sites is 6. The zero-order valence-electron chi connectivity index (χ0n) is 46.2. The molecule has 0 radical (unpaired) electrons. The third-order valence-electron chi connectivity index (χ3n) is 17.5. The molecule has 8 nitrogen and oxygen atoms in total. The topological polar surface area (TPSA) is 85.7 Å². The van der Waals surface area contributed by atoms with Gasteiger partial charge in [0.15, 0.2) is 0 Å². The Kier molecular flexibility index (Phi) is 10.8. The molecule has 0 amide bonds. The van der Waals surface area contributed by atoms with Crippen LogP contribution in [0.4, 0.5) is 0 Å². The summed E-state index contributed by atoms with van der Waals surface area (Å²) in [6.45, 7) is 0. The van der Waals surface area contributed by atoms with Crippen LogP contribution in [0.1, 0.15) is 5.56 Å². The number of carbonyl (C=O) groups is 1. The van der Waals surface area contributed by atoms with E-state index in [2.05, 4.69) is 284 Å². The lowest BCUT2D eigenvalue weighted by Gasteiger charge is -2.12. The van der Waals surface area contributed by atoms with Gasteiger partial charge in [-0.3, -0.25) is 0 Å². The molecule has 0 aliphatic rings. The van der Waals surface area contributed by atoms with Crippen LogP contribution in [0.3, 0.4) is 0 Å². The molecule has 12 aromatic carbocycles. The summed E-state index contributed by atoms with van der Waals surface area (Å²) in [7, 11) is 0. The predicted molar refractivity (Wildman–Crippen MR) is 354 cm³/mol. The maximum atomic E-state index is 11.6. The van der Waals surface area contributed by atoms with Crippen molar-refractivity contribution in [1.29, 1.82) is 5.26 Å². The van der Waals surface area contributed by atoms with Gasteiger partial charge in [-0.1, -0.05) is 152 Å². The fraction of sp³-hybridized carbons (Fsp3) is 0. The van der Waals surface area contributed by atoms with Crippen LogP contribution in [0.5, 0.6) is 0 Å². The maximum absolute atomic E-state index is 11.6. The van der Waals surface area contributed by atoms with E-state index in [-0.39, 0.29) is 5.57 Å². The summed E-state index contributed by atoms with van der Waals surface area (Å²) in [5.74, 6) is -1.26. The Balaban J connectivity index is 0.778.